The number of hydrazine groups is 1. The molecular weight excluding hydrogens is 344 g/mol. The molecule has 4 rings (SSSR count). The fourth-order valence-corrected chi connectivity index (χ4v) is 4.42. The standard InChI is InChI=1S/C17H15ClN4OS/c18-11-5-3-4-10(8-11)16(23)22-21-15-14-12-6-1-2-7-13(12)24-17(14)20-9-19-15/h3-5,8-9H,1-2,6-7H2,(H,22,23)(H,19,20,21). The van der Waals surface area contributed by atoms with Crippen LogP contribution in [0.4, 0.5) is 5.82 Å². The molecule has 0 bridgehead atoms. The highest BCUT2D eigenvalue weighted by molar-refractivity contribution is 7.19. The van der Waals surface area contributed by atoms with Crippen LogP contribution in [-0.2, 0) is 12.8 Å². The van der Waals surface area contributed by atoms with E-state index in [1.165, 1.54) is 29.6 Å². The number of carbonyl (C=O) groups excluding carboxylic acids is 1. The highest BCUT2D eigenvalue weighted by Crippen LogP contribution is 2.37. The second-order valence-corrected chi connectivity index (χ2v) is 7.22. The number of halogens is 1. The van der Waals surface area contributed by atoms with Crippen LogP contribution < -0.4 is 10.9 Å². The van der Waals surface area contributed by atoms with Crippen LogP contribution in [-0.4, -0.2) is 15.9 Å². The van der Waals surface area contributed by atoms with E-state index in [-0.39, 0.29) is 5.91 Å². The summed E-state index contributed by atoms with van der Waals surface area (Å²) >= 11 is 7.65. The number of carbonyl (C=O) groups is 1. The number of rotatable bonds is 3. The molecule has 0 saturated heterocycles. The summed E-state index contributed by atoms with van der Waals surface area (Å²) in [7, 11) is 0. The van der Waals surface area contributed by atoms with Crippen molar-refractivity contribution in [1.82, 2.24) is 15.4 Å². The summed E-state index contributed by atoms with van der Waals surface area (Å²) in [5.74, 6) is 0.392. The van der Waals surface area contributed by atoms with Crippen molar-refractivity contribution in [3.8, 4) is 0 Å². The predicted octanol–water partition coefficient (Wildman–Crippen LogP) is 3.98. The number of aromatic nitrogens is 2. The molecule has 0 atom stereocenters. The predicted molar refractivity (Wildman–Crippen MR) is 96.6 cm³/mol. The van der Waals surface area contributed by atoms with E-state index in [2.05, 4.69) is 20.8 Å². The van der Waals surface area contributed by atoms with E-state index < -0.39 is 0 Å². The number of nitrogens with zero attached hydrogens (tertiary/aromatic N) is 2. The topological polar surface area (TPSA) is 66.9 Å². The van der Waals surface area contributed by atoms with Crippen LogP contribution in [0, 0.1) is 0 Å². The molecule has 0 radical (unpaired) electrons. The fourth-order valence-electron chi connectivity index (χ4n) is 3.00. The van der Waals surface area contributed by atoms with Crippen LogP contribution in [0.3, 0.4) is 0 Å². The van der Waals surface area contributed by atoms with E-state index in [0.717, 1.165) is 23.1 Å². The molecule has 5 nitrogen and oxygen atoms in total. The third kappa shape index (κ3) is 2.83. The number of hydrogen-bond donors (Lipinski definition) is 2. The smallest absolute Gasteiger partial charge is 0.269 e. The molecule has 3 aromatic rings. The minimum absolute atomic E-state index is 0.256. The van der Waals surface area contributed by atoms with Crippen molar-refractivity contribution in [2.75, 3.05) is 5.43 Å². The second-order valence-electron chi connectivity index (χ2n) is 5.70. The van der Waals surface area contributed by atoms with Gasteiger partial charge in [-0.3, -0.25) is 15.6 Å². The molecule has 0 saturated carbocycles. The summed E-state index contributed by atoms with van der Waals surface area (Å²) in [5.41, 5.74) is 7.47. The Morgan fingerprint density at radius 3 is 2.96 bits per heavy atom. The third-order valence-corrected chi connectivity index (χ3v) is 5.57. The Hall–Kier alpha value is -2.18. The number of anilines is 1. The van der Waals surface area contributed by atoms with Crippen LogP contribution in [0.2, 0.25) is 5.02 Å². The van der Waals surface area contributed by atoms with Gasteiger partial charge in [-0.25, -0.2) is 9.97 Å². The highest BCUT2D eigenvalue weighted by Gasteiger charge is 2.20. The van der Waals surface area contributed by atoms with Gasteiger partial charge < -0.3 is 0 Å². The lowest BCUT2D eigenvalue weighted by Gasteiger charge is -2.13. The van der Waals surface area contributed by atoms with Gasteiger partial charge in [-0.15, -0.1) is 11.3 Å². The monoisotopic (exact) mass is 358 g/mol. The van der Waals surface area contributed by atoms with Crippen molar-refractivity contribution in [3.05, 3.63) is 51.6 Å². The van der Waals surface area contributed by atoms with Crippen molar-refractivity contribution in [3.63, 3.8) is 0 Å². The van der Waals surface area contributed by atoms with E-state index >= 15 is 0 Å². The van der Waals surface area contributed by atoms with Crippen LogP contribution >= 0.6 is 22.9 Å². The summed E-state index contributed by atoms with van der Waals surface area (Å²) in [6, 6.07) is 6.82. The van der Waals surface area contributed by atoms with Gasteiger partial charge in [-0.2, -0.15) is 0 Å². The zero-order chi connectivity index (χ0) is 16.5. The number of aryl methyl sites for hydroxylation is 2. The normalized spacial score (nSPS) is 13.5. The first-order valence-corrected chi connectivity index (χ1v) is 8.99. The lowest BCUT2D eigenvalue weighted by atomic mass is 9.97. The molecule has 0 fully saturated rings. The SMILES string of the molecule is O=C(NNc1ncnc2sc3c(c12)CCCC3)c1cccc(Cl)c1. The van der Waals surface area contributed by atoms with Gasteiger partial charge in [0.05, 0.1) is 5.39 Å². The number of hydrogen-bond acceptors (Lipinski definition) is 5. The van der Waals surface area contributed by atoms with Crippen molar-refractivity contribution in [2.45, 2.75) is 25.7 Å². The maximum absolute atomic E-state index is 12.3. The summed E-state index contributed by atoms with van der Waals surface area (Å²) in [6.07, 6.45) is 6.08. The van der Waals surface area contributed by atoms with Gasteiger partial charge >= 0.3 is 0 Å². The Balaban J connectivity index is 1.61. The molecule has 24 heavy (non-hydrogen) atoms. The lowest BCUT2D eigenvalue weighted by Crippen LogP contribution is -2.30. The molecule has 2 N–H and O–H groups in total. The second kappa shape index (κ2) is 6.37. The molecule has 0 spiro atoms. The Morgan fingerprint density at radius 1 is 1.21 bits per heavy atom. The maximum atomic E-state index is 12.3. The molecule has 0 unspecified atom stereocenters. The van der Waals surface area contributed by atoms with E-state index in [0.29, 0.717) is 16.4 Å². The molecule has 0 aliphatic heterocycles. The summed E-state index contributed by atoms with van der Waals surface area (Å²) in [6.45, 7) is 0. The zero-order valence-corrected chi connectivity index (χ0v) is 14.4. The molecule has 2 heterocycles. The molecule has 1 amide bonds. The Kier molecular flexibility index (Phi) is 4.08. The number of nitrogens with one attached hydrogen (secondary N) is 2. The molecule has 1 aromatic carbocycles. The first-order valence-electron chi connectivity index (χ1n) is 7.79. The van der Waals surface area contributed by atoms with Gasteiger partial charge in [0, 0.05) is 15.5 Å². The van der Waals surface area contributed by atoms with Crippen molar-refractivity contribution >= 4 is 44.9 Å². The summed E-state index contributed by atoms with van der Waals surface area (Å²) < 4.78 is 0. The molecule has 122 valence electrons. The number of benzene rings is 1. The zero-order valence-electron chi connectivity index (χ0n) is 12.8. The molecule has 1 aliphatic rings. The van der Waals surface area contributed by atoms with Gasteiger partial charge in [0.25, 0.3) is 5.91 Å². The van der Waals surface area contributed by atoms with Crippen molar-refractivity contribution in [1.29, 1.82) is 0 Å². The van der Waals surface area contributed by atoms with Gasteiger partial charge in [0.1, 0.15) is 11.2 Å². The average molecular weight is 359 g/mol. The maximum Gasteiger partial charge on any atom is 0.269 e. The van der Waals surface area contributed by atoms with Gasteiger partial charge in [0.15, 0.2) is 5.82 Å². The quantitative estimate of drug-likeness (QED) is 0.695. The van der Waals surface area contributed by atoms with Crippen LogP contribution in [0.15, 0.2) is 30.6 Å². The first-order chi connectivity index (χ1) is 11.7. The average Bonchev–Trinajstić information content (AvgIpc) is 2.99. The van der Waals surface area contributed by atoms with Crippen LogP contribution in [0.5, 0.6) is 0 Å². The minimum Gasteiger partial charge on any atom is -0.281 e. The van der Waals surface area contributed by atoms with Gasteiger partial charge in [0.2, 0.25) is 0 Å². The first kappa shape index (κ1) is 15.4. The van der Waals surface area contributed by atoms with E-state index in [4.69, 9.17) is 11.6 Å². The number of thiophene rings is 1. The Morgan fingerprint density at radius 2 is 2.08 bits per heavy atom. The summed E-state index contributed by atoms with van der Waals surface area (Å²) in [4.78, 5) is 23.3. The Bertz CT molecular complexity index is 924. The molecule has 1 aliphatic carbocycles. The fraction of sp³-hybridized carbons (Fsp3) is 0.235. The van der Waals surface area contributed by atoms with Gasteiger partial charge in [-0.1, -0.05) is 17.7 Å². The molecular formula is C17H15ClN4OS. The molecule has 7 heteroatoms. The third-order valence-electron chi connectivity index (χ3n) is 4.13. The van der Waals surface area contributed by atoms with Crippen LogP contribution in [0.25, 0.3) is 10.2 Å². The number of fused-ring (bicyclic) bond motifs is 3. The van der Waals surface area contributed by atoms with Crippen molar-refractivity contribution < 1.29 is 4.79 Å². The lowest BCUT2D eigenvalue weighted by molar-refractivity contribution is 0.0962. The highest BCUT2D eigenvalue weighted by atomic mass is 35.5. The van der Waals surface area contributed by atoms with E-state index in [1.54, 1.807) is 35.6 Å². The van der Waals surface area contributed by atoms with Gasteiger partial charge in [-0.05, 0) is 49.4 Å². The molecule has 2 aromatic heterocycles. The van der Waals surface area contributed by atoms with Crippen LogP contribution in [0.1, 0.15) is 33.6 Å². The number of amides is 1. The van der Waals surface area contributed by atoms with Crippen molar-refractivity contribution in [2.24, 2.45) is 0 Å². The van der Waals surface area contributed by atoms with E-state index in [1.807, 2.05) is 0 Å². The minimum atomic E-state index is -0.256. The van der Waals surface area contributed by atoms with E-state index in [9.17, 15) is 4.79 Å². The summed E-state index contributed by atoms with van der Waals surface area (Å²) in [5, 5.41) is 1.56. The Labute approximate surface area is 148 Å². The largest absolute Gasteiger partial charge is 0.281 e.